The van der Waals surface area contributed by atoms with Crippen LogP contribution in [-0.2, 0) is 16.1 Å². The fourth-order valence-corrected chi connectivity index (χ4v) is 1.92. The first-order chi connectivity index (χ1) is 9.60. The van der Waals surface area contributed by atoms with Gasteiger partial charge in [0, 0.05) is 18.9 Å². The zero-order valence-corrected chi connectivity index (χ0v) is 11.6. The maximum absolute atomic E-state index is 11.6. The first-order valence-electron chi connectivity index (χ1n) is 6.49. The summed E-state index contributed by atoms with van der Waals surface area (Å²) in [6, 6.07) is 6.09. The Bertz CT molecular complexity index is 633. The Morgan fingerprint density at radius 1 is 1.30 bits per heavy atom. The number of carbonyl (C=O) groups excluding carboxylic acids is 2. The minimum absolute atomic E-state index is 0.00823. The molecule has 1 heterocycles. The van der Waals surface area contributed by atoms with E-state index in [1.54, 1.807) is 6.20 Å². The zero-order chi connectivity index (χ0) is 14.5. The molecule has 2 rings (SSSR count). The predicted octanol–water partition coefficient (Wildman–Crippen LogP) is 0.597. The van der Waals surface area contributed by atoms with E-state index in [1.165, 1.54) is 7.05 Å². The van der Waals surface area contributed by atoms with Crippen molar-refractivity contribution in [1.29, 1.82) is 0 Å². The van der Waals surface area contributed by atoms with E-state index >= 15 is 0 Å². The number of rotatable bonds is 5. The van der Waals surface area contributed by atoms with Crippen molar-refractivity contribution in [2.24, 2.45) is 0 Å². The van der Waals surface area contributed by atoms with Crippen LogP contribution in [0.3, 0.4) is 0 Å². The highest BCUT2D eigenvalue weighted by Crippen LogP contribution is 2.15. The van der Waals surface area contributed by atoms with Crippen LogP contribution in [0.15, 0.2) is 24.4 Å². The van der Waals surface area contributed by atoms with Gasteiger partial charge in [-0.15, -0.1) is 0 Å². The van der Waals surface area contributed by atoms with Crippen LogP contribution in [0.4, 0.5) is 0 Å². The molecule has 106 valence electrons. The van der Waals surface area contributed by atoms with Gasteiger partial charge >= 0.3 is 0 Å². The third-order valence-electron chi connectivity index (χ3n) is 3.08. The topological polar surface area (TPSA) is 76.0 Å². The normalized spacial score (nSPS) is 10.5. The lowest BCUT2D eigenvalue weighted by Gasteiger charge is -2.06. The molecular weight excluding hydrogens is 256 g/mol. The maximum atomic E-state index is 11.6. The Balaban J connectivity index is 1.94. The van der Waals surface area contributed by atoms with E-state index in [0.717, 1.165) is 16.5 Å². The van der Waals surface area contributed by atoms with Crippen LogP contribution < -0.4 is 10.6 Å². The third-order valence-corrected chi connectivity index (χ3v) is 3.08. The molecule has 0 saturated heterocycles. The van der Waals surface area contributed by atoms with Gasteiger partial charge in [-0.05, 0) is 18.6 Å². The first kappa shape index (κ1) is 14.0. The number of nitrogens with one attached hydrogen (secondary N) is 2. The largest absolute Gasteiger partial charge is 0.358 e. The molecule has 0 aliphatic heterocycles. The molecule has 0 aliphatic rings. The highest BCUT2D eigenvalue weighted by atomic mass is 16.2. The van der Waals surface area contributed by atoms with Crippen molar-refractivity contribution in [2.75, 3.05) is 13.6 Å². The van der Waals surface area contributed by atoms with Crippen LogP contribution in [0.1, 0.15) is 12.0 Å². The fourth-order valence-electron chi connectivity index (χ4n) is 1.92. The number of hydrogen-bond acceptors (Lipinski definition) is 3. The van der Waals surface area contributed by atoms with Gasteiger partial charge in [0.2, 0.25) is 11.8 Å². The summed E-state index contributed by atoms with van der Waals surface area (Å²) in [4.78, 5) is 22.6. The van der Waals surface area contributed by atoms with Crippen molar-refractivity contribution in [2.45, 2.75) is 19.9 Å². The van der Waals surface area contributed by atoms with Gasteiger partial charge in [-0.2, -0.15) is 5.10 Å². The summed E-state index contributed by atoms with van der Waals surface area (Å²) in [5.41, 5.74) is 2.17. The van der Waals surface area contributed by atoms with Crippen LogP contribution in [0.5, 0.6) is 0 Å². The molecule has 0 atom stereocenters. The van der Waals surface area contributed by atoms with Gasteiger partial charge < -0.3 is 10.6 Å². The Hall–Kier alpha value is -2.37. The second kappa shape index (κ2) is 6.18. The molecule has 0 saturated carbocycles. The Kier molecular flexibility index (Phi) is 4.34. The van der Waals surface area contributed by atoms with Gasteiger partial charge in [-0.1, -0.05) is 12.1 Å². The van der Waals surface area contributed by atoms with Gasteiger partial charge in [0.25, 0.3) is 0 Å². The lowest BCUT2D eigenvalue weighted by molar-refractivity contribution is -0.126. The van der Waals surface area contributed by atoms with Crippen LogP contribution in [-0.4, -0.2) is 35.2 Å². The standard InChI is InChI=1S/C14H18N4O2/c1-10-3-4-11-8-17-18(12(11)7-10)6-5-13(19)16-9-14(20)15-2/h3-4,7-8H,5-6,9H2,1-2H3,(H,15,20)(H,16,19). The van der Waals surface area contributed by atoms with Crippen molar-refractivity contribution in [3.05, 3.63) is 30.0 Å². The maximum Gasteiger partial charge on any atom is 0.239 e. The van der Waals surface area contributed by atoms with Gasteiger partial charge in [0.1, 0.15) is 0 Å². The summed E-state index contributed by atoms with van der Waals surface area (Å²) in [5.74, 6) is -0.372. The number of fused-ring (bicyclic) bond motifs is 1. The molecule has 0 fully saturated rings. The molecule has 0 aliphatic carbocycles. The predicted molar refractivity (Wildman–Crippen MR) is 76.2 cm³/mol. The Morgan fingerprint density at radius 2 is 2.10 bits per heavy atom. The molecule has 0 spiro atoms. The number of aromatic nitrogens is 2. The molecule has 1 aromatic heterocycles. The van der Waals surface area contributed by atoms with Gasteiger partial charge in [0.05, 0.1) is 24.8 Å². The summed E-state index contributed by atoms with van der Waals surface area (Å²) in [5, 5.41) is 10.3. The van der Waals surface area contributed by atoms with Crippen molar-refractivity contribution >= 4 is 22.7 Å². The average Bonchev–Trinajstić information content (AvgIpc) is 2.84. The second-order valence-electron chi connectivity index (χ2n) is 4.63. The molecule has 0 bridgehead atoms. The monoisotopic (exact) mass is 274 g/mol. The summed E-state index contributed by atoms with van der Waals surface area (Å²) in [7, 11) is 1.53. The van der Waals surface area contributed by atoms with Crippen LogP contribution >= 0.6 is 0 Å². The van der Waals surface area contributed by atoms with E-state index in [0.29, 0.717) is 13.0 Å². The first-order valence-corrected chi connectivity index (χ1v) is 6.49. The average molecular weight is 274 g/mol. The van der Waals surface area contributed by atoms with E-state index in [2.05, 4.69) is 15.7 Å². The smallest absolute Gasteiger partial charge is 0.239 e. The number of hydrogen-bond donors (Lipinski definition) is 2. The molecule has 2 amide bonds. The highest BCUT2D eigenvalue weighted by molar-refractivity contribution is 5.84. The van der Waals surface area contributed by atoms with Crippen LogP contribution in [0.2, 0.25) is 0 Å². The van der Waals surface area contributed by atoms with E-state index in [-0.39, 0.29) is 18.4 Å². The van der Waals surface area contributed by atoms with E-state index in [1.807, 2.05) is 29.8 Å². The Morgan fingerprint density at radius 3 is 2.85 bits per heavy atom. The van der Waals surface area contributed by atoms with E-state index in [4.69, 9.17) is 0 Å². The van der Waals surface area contributed by atoms with Crippen molar-refractivity contribution in [1.82, 2.24) is 20.4 Å². The number of carbonyl (C=O) groups is 2. The molecule has 20 heavy (non-hydrogen) atoms. The zero-order valence-electron chi connectivity index (χ0n) is 11.6. The fraction of sp³-hybridized carbons (Fsp3) is 0.357. The summed E-state index contributed by atoms with van der Waals surface area (Å²) in [6.07, 6.45) is 2.08. The van der Waals surface area contributed by atoms with Crippen molar-refractivity contribution in [3.63, 3.8) is 0 Å². The number of amides is 2. The van der Waals surface area contributed by atoms with E-state index < -0.39 is 0 Å². The SMILES string of the molecule is CNC(=O)CNC(=O)CCn1ncc2ccc(C)cc21. The van der Waals surface area contributed by atoms with Crippen molar-refractivity contribution in [3.8, 4) is 0 Å². The summed E-state index contributed by atoms with van der Waals surface area (Å²) < 4.78 is 1.81. The van der Waals surface area contributed by atoms with Crippen LogP contribution in [0, 0.1) is 6.92 Å². The molecule has 0 unspecified atom stereocenters. The molecule has 0 radical (unpaired) electrons. The molecule has 2 aromatic rings. The minimum atomic E-state index is -0.210. The van der Waals surface area contributed by atoms with Gasteiger partial charge in [-0.25, -0.2) is 0 Å². The lowest BCUT2D eigenvalue weighted by atomic mass is 10.2. The lowest BCUT2D eigenvalue weighted by Crippen LogP contribution is -2.35. The highest BCUT2D eigenvalue weighted by Gasteiger charge is 2.07. The number of benzene rings is 1. The third kappa shape index (κ3) is 3.34. The summed E-state index contributed by atoms with van der Waals surface area (Å²) in [6.45, 7) is 2.52. The quantitative estimate of drug-likeness (QED) is 0.838. The Labute approximate surface area is 117 Å². The molecular formula is C14H18N4O2. The van der Waals surface area contributed by atoms with Crippen molar-refractivity contribution < 1.29 is 9.59 Å². The van der Waals surface area contributed by atoms with Crippen LogP contribution in [0.25, 0.3) is 10.9 Å². The molecule has 6 heteroatoms. The van der Waals surface area contributed by atoms with Gasteiger partial charge in [-0.3, -0.25) is 14.3 Å². The number of nitrogens with zero attached hydrogens (tertiary/aromatic N) is 2. The minimum Gasteiger partial charge on any atom is -0.358 e. The number of aryl methyl sites for hydroxylation is 2. The van der Waals surface area contributed by atoms with E-state index in [9.17, 15) is 9.59 Å². The number of likely N-dealkylation sites (N-methyl/N-ethyl adjacent to an activating group) is 1. The second-order valence-corrected chi connectivity index (χ2v) is 4.63. The van der Waals surface area contributed by atoms with Gasteiger partial charge in [0.15, 0.2) is 0 Å². The molecule has 1 aromatic carbocycles. The molecule has 6 nitrogen and oxygen atoms in total. The molecule has 2 N–H and O–H groups in total. The summed E-state index contributed by atoms with van der Waals surface area (Å²) >= 11 is 0.